The molecule has 0 aliphatic carbocycles. The highest BCUT2D eigenvalue weighted by Gasteiger charge is 2.19. The Balaban J connectivity index is 2.39. The molecule has 0 spiro atoms. The van der Waals surface area contributed by atoms with Crippen LogP contribution < -0.4 is 5.73 Å². The SMILES string of the molecule is CC(C)(F)c1cccc(-c2noc(CN)n2)c1. The maximum atomic E-state index is 13.8. The van der Waals surface area contributed by atoms with Crippen LogP contribution in [-0.4, -0.2) is 10.1 Å². The van der Waals surface area contributed by atoms with Crippen LogP contribution in [0.5, 0.6) is 0 Å². The third kappa shape index (κ3) is 2.50. The number of rotatable bonds is 3. The predicted octanol–water partition coefficient (Wildman–Crippen LogP) is 2.40. The van der Waals surface area contributed by atoms with Gasteiger partial charge in [-0.25, -0.2) is 4.39 Å². The Morgan fingerprint density at radius 3 is 2.76 bits per heavy atom. The highest BCUT2D eigenvalue weighted by atomic mass is 19.1. The summed E-state index contributed by atoms with van der Waals surface area (Å²) in [4.78, 5) is 4.10. The number of nitrogens with two attached hydrogens (primary N) is 1. The van der Waals surface area contributed by atoms with Crippen molar-refractivity contribution in [3.63, 3.8) is 0 Å². The van der Waals surface area contributed by atoms with E-state index in [1.54, 1.807) is 24.3 Å². The number of alkyl halides is 1. The van der Waals surface area contributed by atoms with E-state index >= 15 is 0 Å². The first-order valence-electron chi connectivity index (χ1n) is 5.33. The Hall–Kier alpha value is -1.75. The molecule has 17 heavy (non-hydrogen) atoms. The summed E-state index contributed by atoms with van der Waals surface area (Å²) in [5.74, 6) is 0.793. The lowest BCUT2D eigenvalue weighted by molar-refractivity contribution is 0.221. The predicted molar refractivity (Wildman–Crippen MR) is 61.8 cm³/mol. The van der Waals surface area contributed by atoms with Gasteiger partial charge in [-0.3, -0.25) is 0 Å². The third-order valence-corrected chi connectivity index (χ3v) is 2.45. The fourth-order valence-electron chi connectivity index (χ4n) is 1.48. The van der Waals surface area contributed by atoms with Crippen LogP contribution in [0.2, 0.25) is 0 Å². The van der Waals surface area contributed by atoms with Crippen molar-refractivity contribution in [2.24, 2.45) is 5.73 Å². The zero-order valence-electron chi connectivity index (χ0n) is 9.77. The van der Waals surface area contributed by atoms with Crippen molar-refractivity contribution in [3.05, 3.63) is 35.7 Å². The molecule has 2 rings (SSSR count). The van der Waals surface area contributed by atoms with E-state index in [-0.39, 0.29) is 6.54 Å². The molecule has 0 aliphatic heterocycles. The van der Waals surface area contributed by atoms with Crippen LogP contribution in [0.1, 0.15) is 25.3 Å². The Morgan fingerprint density at radius 1 is 1.41 bits per heavy atom. The van der Waals surface area contributed by atoms with Crippen molar-refractivity contribution in [1.82, 2.24) is 10.1 Å². The van der Waals surface area contributed by atoms with E-state index < -0.39 is 5.67 Å². The van der Waals surface area contributed by atoms with Crippen LogP contribution in [0.3, 0.4) is 0 Å². The zero-order valence-corrected chi connectivity index (χ0v) is 9.77. The fraction of sp³-hybridized carbons (Fsp3) is 0.333. The molecule has 0 atom stereocenters. The average molecular weight is 235 g/mol. The molecular weight excluding hydrogens is 221 g/mol. The molecule has 0 saturated carbocycles. The highest BCUT2D eigenvalue weighted by Crippen LogP contribution is 2.27. The molecule has 1 aromatic carbocycles. The lowest BCUT2D eigenvalue weighted by atomic mass is 9.98. The Kier molecular flexibility index (Phi) is 2.93. The minimum Gasteiger partial charge on any atom is -0.338 e. The van der Waals surface area contributed by atoms with Gasteiger partial charge in [-0.15, -0.1) is 0 Å². The van der Waals surface area contributed by atoms with Crippen molar-refractivity contribution in [1.29, 1.82) is 0 Å². The lowest BCUT2D eigenvalue weighted by Gasteiger charge is -2.14. The quantitative estimate of drug-likeness (QED) is 0.887. The molecule has 1 aromatic heterocycles. The van der Waals surface area contributed by atoms with Gasteiger partial charge in [-0.05, 0) is 25.5 Å². The number of hydrogen-bond acceptors (Lipinski definition) is 4. The molecule has 0 saturated heterocycles. The molecule has 2 aromatic rings. The molecule has 5 heteroatoms. The third-order valence-electron chi connectivity index (χ3n) is 2.45. The molecule has 0 bridgehead atoms. The van der Waals surface area contributed by atoms with E-state index in [0.29, 0.717) is 17.3 Å². The topological polar surface area (TPSA) is 64.9 Å². The summed E-state index contributed by atoms with van der Waals surface area (Å²) >= 11 is 0. The Labute approximate surface area is 98.6 Å². The van der Waals surface area contributed by atoms with E-state index in [4.69, 9.17) is 10.3 Å². The Bertz CT molecular complexity index is 516. The van der Waals surface area contributed by atoms with Crippen molar-refractivity contribution in [2.75, 3.05) is 0 Å². The van der Waals surface area contributed by atoms with Gasteiger partial charge >= 0.3 is 0 Å². The number of aromatic nitrogens is 2. The van der Waals surface area contributed by atoms with Gasteiger partial charge < -0.3 is 10.3 Å². The van der Waals surface area contributed by atoms with Gasteiger partial charge in [0, 0.05) is 5.56 Å². The van der Waals surface area contributed by atoms with Crippen molar-refractivity contribution >= 4 is 0 Å². The van der Waals surface area contributed by atoms with Crippen LogP contribution in [0, 0.1) is 0 Å². The summed E-state index contributed by atoms with van der Waals surface area (Å²) in [6, 6.07) is 7.02. The Morgan fingerprint density at radius 2 is 2.18 bits per heavy atom. The van der Waals surface area contributed by atoms with Gasteiger partial charge in [0.1, 0.15) is 5.67 Å². The molecule has 0 amide bonds. The van der Waals surface area contributed by atoms with Crippen molar-refractivity contribution < 1.29 is 8.91 Å². The summed E-state index contributed by atoms with van der Waals surface area (Å²) in [6.45, 7) is 3.21. The number of halogens is 1. The molecule has 4 nitrogen and oxygen atoms in total. The number of benzene rings is 1. The van der Waals surface area contributed by atoms with Crippen LogP contribution in [0.25, 0.3) is 11.4 Å². The van der Waals surface area contributed by atoms with E-state index in [1.165, 1.54) is 13.8 Å². The summed E-state index contributed by atoms with van der Waals surface area (Å²) in [6.07, 6.45) is 0. The molecule has 0 radical (unpaired) electrons. The van der Waals surface area contributed by atoms with Crippen LogP contribution in [-0.2, 0) is 12.2 Å². The first kappa shape index (κ1) is 11.7. The maximum Gasteiger partial charge on any atom is 0.240 e. The summed E-state index contributed by atoms with van der Waals surface area (Å²) in [5.41, 5.74) is 5.29. The second-order valence-corrected chi connectivity index (χ2v) is 4.27. The van der Waals surface area contributed by atoms with Gasteiger partial charge in [0.25, 0.3) is 0 Å². The van der Waals surface area contributed by atoms with Gasteiger partial charge in [0.2, 0.25) is 11.7 Å². The minimum atomic E-state index is -1.39. The highest BCUT2D eigenvalue weighted by molar-refractivity contribution is 5.56. The molecule has 0 fully saturated rings. The van der Waals surface area contributed by atoms with Gasteiger partial charge in [0.05, 0.1) is 6.54 Å². The number of hydrogen-bond donors (Lipinski definition) is 1. The standard InChI is InChI=1S/C12H14FN3O/c1-12(2,13)9-5-3-4-8(6-9)11-15-10(7-14)17-16-11/h3-6H,7,14H2,1-2H3. The van der Waals surface area contributed by atoms with Crippen LogP contribution >= 0.6 is 0 Å². The number of nitrogens with zero attached hydrogens (tertiary/aromatic N) is 2. The van der Waals surface area contributed by atoms with Gasteiger partial charge in [0.15, 0.2) is 0 Å². The molecule has 2 N–H and O–H groups in total. The molecule has 1 heterocycles. The average Bonchev–Trinajstić information content (AvgIpc) is 2.76. The smallest absolute Gasteiger partial charge is 0.240 e. The van der Waals surface area contributed by atoms with Crippen molar-refractivity contribution in [2.45, 2.75) is 26.1 Å². The second kappa shape index (κ2) is 4.25. The molecule has 0 aliphatic rings. The van der Waals surface area contributed by atoms with E-state index in [2.05, 4.69) is 10.1 Å². The summed E-state index contributed by atoms with van der Waals surface area (Å²) in [7, 11) is 0. The second-order valence-electron chi connectivity index (χ2n) is 4.27. The summed E-state index contributed by atoms with van der Waals surface area (Å²) in [5, 5.41) is 3.79. The lowest BCUT2D eigenvalue weighted by Crippen LogP contribution is -2.08. The molecule has 90 valence electrons. The van der Waals surface area contributed by atoms with Crippen LogP contribution in [0.4, 0.5) is 4.39 Å². The minimum absolute atomic E-state index is 0.196. The summed E-state index contributed by atoms with van der Waals surface area (Å²) < 4.78 is 18.7. The van der Waals surface area contributed by atoms with E-state index in [9.17, 15) is 4.39 Å². The van der Waals surface area contributed by atoms with E-state index in [1.807, 2.05) is 0 Å². The molecule has 0 unspecified atom stereocenters. The molecular formula is C12H14FN3O. The first-order valence-corrected chi connectivity index (χ1v) is 5.33. The normalized spacial score (nSPS) is 11.8. The monoisotopic (exact) mass is 235 g/mol. The zero-order chi connectivity index (χ0) is 12.5. The van der Waals surface area contributed by atoms with Gasteiger partial charge in [-0.2, -0.15) is 4.98 Å². The van der Waals surface area contributed by atoms with Crippen LogP contribution in [0.15, 0.2) is 28.8 Å². The van der Waals surface area contributed by atoms with Crippen molar-refractivity contribution in [3.8, 4) is 11.4 Å². The maximum absolute atomic E-state index is 13.8. The fourth-order valence-corrected chi connectivity index (χ4v) is 1.48. The first-order chi connectivity index (χ1) is 8.00. The van der Waals surface area contributed by atoms with E-state index in [0.717, 1.165) is 5.56 Å². The largest absolute Gasteiger partial charge is 0.338 e. The van der Waals surface area contributed by atoms with Gasteiger partial charge in [-0.1, -0.05) is 23.4 Å².